The van der Waals surface area contributed by atoms with Gasteiger partial charge in [-0.25, -0.2) is 0 Å². The average Bonchev–Trinajstić information content (AvgIpc) is 2.27. The van der Waals surface area contributed by atoms with E-state index >= 15 is 0 Å². The highest BCUT2D eigenvalue weighted by Gasteiger charge is 2.28. The third kappa shape index (κ3) is 5.04. The third-order valence-corrected chi connectivity index (χ3v) is 3.68. The Balaban J connectivity index is 2.34. The monoisotopic (exact) mass is 243 g/mol. The van der Waals surface area contributed by atoms with Gasteiger partial charge >= 0.3 is 5.97 Å². The van der Waals surface area contributed by atoms with Gasteiger partial charge in [-0.1, -0.05) is 20.3 Å². The molecule has 4 heteroatoms. The molecule has 0 radical (unpaired) electrons. The van der Waals surface area contributed by atoms with Crippen molar-refractivity contribution < 1.29 is 15.0 Å². The van der Waals surface area contributed by atoms with Gasteiger partial charge in [0, 0.05) is 19.2 Å². The lowest BCUT2D eigenvalue weighted by Gasteiger charge is -2.31. The summed E-state index contributed by atoms with van der Waals surface area (Å²) in [7, 11) is 0. The van der Waals surface area contributed by atoms with E-state index in [-0.39, 0.29) is 17.9 Å². The predicted octanol–water partition coefficient (Wildman–Crippen LogP) is 1.63. The van der Waals surface area contributed by atoms with Gasteiger partial charge in [-0.2, -0.15) is 0 Å². The lowest BCUT2D eigenvalue weighted by atomic mass is 9.84. The van der Waals surface area contributed by atoms with Gasteiger partial charge in [0.15, 0.2) is 0 Å². The number of carbonyl (C=O) groups is 1. The zero-order valence-electron chi connectivity index (χ0n) is 10.9. The van der Waals surface area contributed by atoms with Crippen LogP contribution in [0.5, 0.6) is 0 Å². The van der Waals surface area contributed by atoms with Gasteiger partial charge in [0.25, 0.3) is 0 Å². The van der Waals surface area contributed by atoms with Crippen molar-refractivity contribution in [2.75, 3.05) is 13.2 Å². The fourth-order valence-electron chi connectivity index (χ4n) is 2.41. The van der Waals surface area contributed by atoms with Gasteiger partial charge in [0.2, 0.25) is 0 Å². The number of carboxylic acids is 1. The molecule has 0 aromatic rings. The van der Waals surface area contributed by atoms with Crippen molar-refractivity contribution in [3.05, 3.63) is 0 Å². The molecule has 0 amide bonds. The van der Waals surface area contributed by atoms with E-state index in [1.54, 1.807) is 0 Å². The Morgan fingerprint density at radius 2 is 2.12 bits per heavy atom. The summed E-state index contributed by atoms with van der Waals surface area (Å²) in [5, 5.41) is 21.4. The minimum absolute atomic E-state index is 0.0743. The van der Waals surface area contributed by atoms with Crippen LogP contribution in [0.1, 0.15) is 46.0 Å². The third-order valence-electron chi connectivity index (χ3n) is 3.68. The van der Waals surface area contributed by atoms with Crippen molar-refractivity contribution in [2.45, 2.75) is 52.0 Å². The summed E-state index contributed by atoms with van der Waals surface area (Å²) < 4.78 is 0. The number of hydrogen-bond donors (Lipinski definition) is 3. The number of aliphatic hydroxyl groups is 1. The second kappa shape index (κ2) is 6.36. The number of aliphatic carboxylic acids is 1. The molecule has 0 aromatic carbocycles. The molecule has 17 heavy (non-hydrogen) atoms. The van der Waals surface area contributed by atoms with Crippen molar-refractivity contribution in [2.24, 2.45) is 11.3 Å². The Labute approximate surface area is 103 Å². The van der Waals surface area contributed by atoms with Crippen molar-refractivity contribution in [3.8, 4) is 0 Å². The fraction of sp³-hybridized carbons (Fsp3) is 0.923. The van der Waals surface area contributed by atoms with Crippen molar-refractivity contribution in [3.63, 3.8) is 0 Å². The van der Waals surface area contributed by atoms with E-state index in [1.165, 1.54) is 0 Å². The van der Waals surface area contributed by atoms with Crippen molar-refractivity contribution in [1.29, 1.82) is 0 Å². The van der Waals surface area contributed by atoms with Crippen LogP contribution in [0.25, 0.3) is 0 Å². The van der Waals surface area contributed by atoms with Crippen LogP contribution < -0.4 is 5.32 Å². The summed E-state index contributed by atoms with van der Waals surface area (Å²) in [6, 6.07) is 0.322. The van der Waals surface area contributed by atoms with Crippen molar-refractivity contribution in [1.82, 2.24) is 5.32 Å². The number of aliphatic hydroxyl groups excluding tert-OH is 1. The van der Waals surface area contributed by atoms with Gasteiger partial charge in [0.05, 0.1) is 5.92 Å². The van der Waals surface area contributed by atoms with E-state index < -0.39 is 5.97 Å². The first-order valence-electron chi connectivity index (χ1n) is 6.51. The van der Waals surface area contributed by atoms with E-state index in [9.17, 15) is 4.79 Å². The van der Waals surface area contributed by atoms with E-state index in [2.05, 4.69) is 19.2 Å². The Morgan fingerprint density at radius 1 is 1.41 bits per heavy atom. The maximum absolute atomic E-state index is 10.9. The topological polar surface area (TPSA) is 69.6 Å². The number of hydrogen-bond acceptors (Lipinski definition) is 3. The van der Waals surface area contributed by atoms with Crippen molar-refractivity contribution >= 4 is 5.97 Å². The number of nitrogens with one attached hydrogen (secondary N) is 1. The van der Waals surface area contributed by atoms with Gasteiger partial charge in [-0.3, -0.25) is 4.79 Å². The fourth-order valence-corrected chi connectivity index (χ4v) is 2.41. The number of rotatable bonds is 6. The Hall–Kier alpha value is -0.610. The normalized spacial score (nSPS) is 25.8. The average molecular weight is 243 g/mol. The Bertz CT molecular complexity index is 253. The molecule has 2 atom stereocenters. The van der Waals surface area contributed by atoms with E-state index in [0.717, 1.165) is 38.6 Å². The van der Waals surface area contributed by atoms with E-state index in [1.807, 2.05) is 0 Å². The molecule has 0 aromatic heterocycles. The highest BCUT2D eigenvalue weighted by molar-refractivity contribution is 5.70. The van der Waals surface area contributed by atoms with Crippen LogP contribution in [0.4, 0.5) is 0 Å². The summed E-state index contributed by atoms with van der Waals surface area (Å²) in [5.41, 5.74) is 0.0743. The van der Waals surface area contributed by atoms with Crippen LogP contribution in [-0.4, -0.2) is 35.4 Å². The second-order valence-corrected chi connectivity index (χ2v) is 5.92. The molecule has 0 spiro atoms. The van der Waals surface area contributed by atoms with Crippen LogP contribution in [0.15, 0.2) is 0 Å². The summed E-state index contributed by atoms with van der Waals surface area (Å²) in [6.45, 7) is 5.28. The molecule has 100 valence electrons. The minimum atomic E-state index is -0.661. The van der Waals surface area contributed by atoms with Crippen LogP contribution in [-0.2, 0) is 4.79 Å². The number of carboxylic acid groups (broad SMARTS) is 1. The molecule has 2 unspecified atom stereocenters. The maximum atomic E-state index is 10.9. The van der Waals surface area contributed by atoms with Crippen LogP contribution in [0.2, 0.25) is 0 Å². The highest BCUT2D eigenvalue weighted by atomic mass is 16.4. The quantitative estimate of drug-likeness (QED) is 0.663. The molecule has 0 bridgehead atoms. The summed E-state index contributed by atoms with van der Waals surface area (Å²) in [4.78, 5) is 10.9. The molecule has 3 N–H and O–H groups in total. The molecule has 1 aliphatic carbocycles. The SMILES string of the molecule is CC(C)(CCO)CNC1CCCC(C(=O)O)C1. The smallest absolute Gasteiger partial charge is 0.306 e. The Morgan fingerprint density at radius 3 is 2.71 bits per heavy atom. The van der Waals surface area contributed by atoms with Crippen LogP contribution >= 0.6 is 0 Å². The molecular weight excluding hydrogens is 218 g/mol. The standard InChI is InChI=1S/C13H25NO3/c1-13(2,6-7-15)9-14-11-5-3-4-10(8-11)12(16)17/h10-11,14-15H,3-9H2,1-2H3,(H,16,17). The lowest BCUT2D eigenvalue weighted by molar-refractivity contribution is -0.143. The van der Waals surface area contributed by atoms with E-state index in [0.29, 0.717) is 6.04 Å². The molecule has 4 nitrogen and oxygen atoms in total. The lowest BCUT2D eigenvalue weighted by Crippen LogP contribution is -2.41. The van der Waals surface area contributed by atoms with Gasteiger partial charge in [-0.05, 0) is 31.1 Å². The predicted molar refractivity (Wildman–Crippen MR) is 66.9 cm³/mol. The molecule has 0 heterocycles. The summed E-state index contributed by atoms with van der Waals surface area (Å²) >= 11 is 0. The van der Waals surface area contributed by atoms with Crippen LogP contribution in [0.3, 0.4) is 0 Å². The molecular formula is C13H25NO3. The van der Waals surface area contributed by atoms with E-state index in [4.69, 9.17) is 10.2 Å². The van der Waals surface area contributed by atoms with Gasteiger partial charge in [0.1, 0.15) is 0 Å². The molecule has 1 aliphatic rings. The molecule has 1 fully saturated rings. The molecule has 0 saturated heterocycles. The summed E-state index contributed by atoms with van der Waals surface area (Å²) in [6.07, 6.45) is 4.39. The zero-order chi connectivity index (χ0) is 12.9. The Kier molecular flexibility index (Phi) is 5.40. The minimum Gasteiger partial charge on any atom is -0.481 e. The molecule has 0 aliphatic heterocycles. The molecule has 1 saturated carbocycles. The van der Waals surface area contributed by atoms with Gasteiger partial charge < -0.3 is 15.5 Å². The second-order valence-electron chi connectivity index (χ2n) is 5.92. The zero-order valence-corrected chi connectivity index (χ0v) is 10.9. The summed E-state index contributed by atoms with van der Waals surface area (Å²) in [5.74, 6) is -0.840. The highest BCUT2D eigenvalue weighted by Crippen LogP contribution is 2.26. The first-order valence-corrected chi connectivity index (χ1v) is 6.51. The first-order chi connectivity index (χ1) is 7.94. The maximum Gasteiger partial charge on any atom is 0.306 e. The molecule has 1 rings (SSSR count). The van der Waals surface area contributed by atoms with Gasteiger partial charge in [-0.15, -0.1) is 0 Å². The first kappa shape index (κ1) is 14.5. The largest absolute Gasteiger partial charge is 0.481 e. The van der Waals surface area contributed by atoms with Crippen LogP contribution in [0, 0.1) is 11.3 Å².